The van der Waals surface area contributed by atoms with Gasteiger partial charge in [-0.15, -0.1) is 0 Å². The maximum atomic E-state index is 12.3. The van der Waals surface area contributed by atoms with Gasteiger partial charge in [0, 0.05) is 36.2 Å². The maximum Gasteiger partial charge on any atom is 0.365 e. The van der Waals surface area contributed by atoms with E-state index in [1.165, 1.54) is 7.11 Å². The molecule has 0 fully saturated rings. The number of ether oxygens (including phenoxy) is 1. The molecular formula is C22H24N5O2+. The van der Waals surface area contributed by atoms with E-state index in [9.17, 15) is 4.79 Å². The molecule has 1 heterocycles. The molecule has 0 bridgehead atoms. The molecule has 0 saturated carbocycles. The number of nitrogen functional groups attached to an aromatic ring is 1. The molecule has 0 atom stereocenters. The number of anilines is 4. The van der Waals surface area contributed by atoms with Gasteiger partial charge in [0.25, 0.3) is 0 Å². The van der Waals surface area contributed by atoms with Crippen LogP contribution in [-0.4, -0.2) is 25.8 Å². The highest BCUT2D eigenvalue weighted by Gasteiger charge is 2.24. The molecule has 3 aromatic rings. The first-order valence-electron chi connectivity index (χ1n) is 9.06. The number of pyridine rings is 1. The number of nitrogens with two attached hydrogens (primary N) is 1. The van der Waals surface area contributed by atoms with Gasteiger partial charge in [0.15, 0.2) is 6.20 Å². The Hall–Kier alpha value is -3.87. The average molecular weight is 390 g/mol. The van der Waals surface area contributed by atoms with Crippen molar-refractivity contribution in [1.82, 2.24) is 0 Å². The highest BCUT2D eigenvalue weighted by molar-refractivity contribution is 6.42. The van der Waals surface area contributed by atoms with Gasteiger partial charge in [-0.1, -0.05) is 0 Å². The number of nitrogens with one attached hydrogen (secondary N) is 1. The summed E-state index contributed by atoms with van der Waals surface area (Å²) in [7, 11) is 4.98. The van der Waals surface area contributed by atoms with Gasteiger partial charge in [-0.2, -0.15) is 9.67 Å². The highest BCUT2D eigenvalue weighted by Crippen LogP contribution is 2.21. The molecule has 0 radical (unpaired) electrons. The lowest BCUT2D eigenvalue weighted by molar-refractivity contribution is -0.672. The first kappa shape index (κ1) is 19.9. The second kappa shape index (κ2) is 8.88. The monoisotopic (exact) mass is 390 g/mol. The van der Waals surface area contributed by atoms with Crippen LogP contribution in [0.4, 0.5) is 22.7 Å². The number of carbonyl (C=O) groups is 1. The van der Waals surface area contributed by atoms with Crippen molar-refractivity contribution in [2.24, 2.45) is 12.1 Å². The summed E-state index contributed by atoms with van der Waals surface area (Å²) >= 11 is 0. The zero-order chi connectivity index (χ0) is 20.8. The van der Waals surface area contributed by atoms with Gasteiger partial charge in [0.05, 0.1) is 12.8 Å². The van der Waals surface area contributed by atoms with E-state index in [2.05, 4.69) is 10.4 Å². The van der Waals surface area contributed by atoms with Crippen molar-refractivity contribution in [2.45, 2.75) is 0 Å². The number of benzene rings is 2. The molecule has 3 rings (SSSR count). The summed E-state index contributed by atoms with van der Waals surface area (Å²) in [5.74, 6) is -0.500. The summed E-state index contributed by atoms with van der Waals surface area (Å²) in [6.45, 7) is 0. The molecule has 7 heteroatoms. The molecule has 0 unspecified atom stereocenters. The summed E-state index contributed by atoms with van der Waals surface area (Å²) in [4.78, 5) is 12.3. The van der Waals surface area contributed by atoms with Crippen LogP contribution in [0.1, 0.15) is 5.69 Å². The van der Waals surface area contributed by atoms with E-state index in [0.717, 1.165) is 22.7 Å². The van der Waals surface area contributed by atoms with Gasteiger partial charge < -0.3 is 15.8 Å². The lowest BCUT2D eigenvalue weighted by atomic mass is 10.2. The first-order valence-corrected chi connectivity index (χ1v) is 9.06. The van der Waals surface area contributed by atoms with Crippen molar-refractivity contribution in [3.63, 3.8) is 0 Å². The summed E-state index contributed by atoms with van der Waals surface area (Å²) in [6, 6.07) is 20.8. The van der Waals surface area contributed by atoms with Crippen LogP contribution in [0.5, 0.6) is 0 Å². The third-order valence-corrected chi connectivity index (χ3v) is 4.37. The third kappa shape index (κ3) is 4.90. The Balaban J connectivity index is 1.82. The number of hydrogen-bond acceptors (Lipinski definition) is 6. The molecule has 1 aromatic heterocycles. The van der Waals surface area contributed by atoms with Crippen LogP contribution in [0.25, 0.3) is 0 Å². The number of aryl methyl sites for hydroxylation is 1. The molecule has 148 valence electrons. The average Bonchev–Trinajstić information content (AvgIpc) is 2.74. The lowest BCUT2D eigenvalue weighted by Crippen LogP contribution is -2.39. The topological polar surface area (TPSA) is 83.8 Å². The summed E-state index contributed by atoms with van der Waals surface area (Å²) in [5.41, 5.74) is 10.0. The Morgan fingerprint density at radius 1 is 1.03 bits per heavy atom. The highest BCUT2D eigenvalue weighted by atomic mass is 16.5. The van der Waals surface area contributed by atoms with E-state index in [1.807, 2.05) is 84.5 Å². The van der Waals surface area contributed by atoms with Gasteiger partial charge in [-0.25, -0.2) is 4.79 Å². The van der Waals surface area contributed by atoms with Gasteiger partial charge in [0.2, 0.25) is 11.4 Å². The molecule has 3 N–H and O–H groups in total. The fourth-order valence-electron chi connectivity index (χ4n) is 2.76. The Labute approximate surface area is 170 Å². The van der Waals surface area contributed by atoms with Crippen LogP contribution in [0.2, 0.25) is 0 Å². The van der Waals surface area contributed by atoms with Crippen LogP contribution >= 0.6 is 0 Å². The van der Waals surface area contributed by atoms with Crippen molar-refractivity contribution < 1.29 is 14.1 Å². The normalized spacial score (nSPS) is 11.1. The quantitative estimate of drug-likeness (QED) is 0.222. The summed E-state index contributed by atoms with van der Waals surface area (Å²) in [5, 5.41) is 9.45. The first-order chi connectivity index (χ1) is 14.0. The molecule has 0 aliphatic carbocycles. The van der Waals surface area contributed by atoms with Crippen molar-refractivity contribution in [1.29, 1.82) is 0 Å². The predicted octanol–water partition coefficient (Wildman–Crippen LogP) is 2.85. The lowest BCUT2D eigenvalue weighted by Gasteiger charge is -2.15. The minimum Gasteiger partial charge on any atom is -0.464 e. The number of aromatic nitrogens is 1. The Morgan fingerprint density at radius 3 is 2.24 bits per heavy atom. The second-order valence-electron chi connectivity index (χ2n) is 6.45. The number of methoxy groups -OCH3 is 1. The van der Waals surface area contributed by atoms with Crippen LogP contribution in [0, 0.1) is 0 Å². The van der Waals surface area contributed by atoms with Crippen LogP contribution in [0.3, 0.4) is 0 Å². The van der Waals surface area contributed by atoms with Crippen molar-refractivity contribution in [3.05, 3.63) is 78.6 Å². The Morgan fingerprint density at radius 2 is 1.66 bits per heavy atom. The third-order valence-electron chi connectivity index (χ3n) is 4.37. The van der Waals surface area contributed by atoms with E-state index < -0.39 is 5.97 Å². The summed E-state index contributed by atoms with van der Waals surface area (Å²) < 4.78 is 6.75. The molecule has 0 aliphatic rings. The van der Waals surface area contributed by atoms with Gasteiger partial charge in [-0.3, -0.25) is 5.01 Å². The van der Waals surface area contributed by atoms with Crippen LogP contribution in [0.15, 0.2) is 78.0 Å². The molecule has 7 nitrogen and oxygen atoms in total. The molecule has 0 spiro atoms. The second-order valence-corrected chi connectivity index (χ2v) is 6.45. The molecule has 0 amide bonds. The van der Waals surface area contributed by atoms with E-state index in [-0.39, 0.29) is 5.71 Å². The zero-order valence-corrected chi connectivity index (χ0v) is 16.7. The SMILES string of the molecule is COC(=O)C(=NN(C)c1ccc(Nc2ccc(N)cc2)cc1)c1cccc[n+]1C. The number of hydrogen-bond donors (Lipinski definition) is 2. The smallest absolute Gasteiger partial charge is 0.365 e. The van der Waals surface area contributed by atoms with Crippen molar-refractivity contribution >= 4 is 34.4 Å². The molecule has 29 heavy (non-hydrogen) atoms. The van der Waals surface area contributed by atoms with E-state index in [1.54, 1.807) is 12.1 Å². The molecule has 2 aromatic carbocycles. The van der Waals surface area contributed by atoms with E-state index in [0.29, 0.717) is 5.69 Å². The van der Waals surface area contributed by atoms with E-state index >= 15 is 0 Å². The summed E-state index contributed by atoms with van der Waals surface area (Å²) in [6.07, 6.45) is 1.85. The van der Waals surface area contributed by atoms with Crippen molar-refractivity contribution in [2.75, 3.05) is 30.2 Å². The van der Waals surface area contributed by atoms with E-state index in [4.69, 9.17) is 10.5 Å². The van der Waals surface area contributed by atoms with Gasteiger partial charge in [-0.05, 0) is 54.6 Å². The van der Waals surface area contributed by atoms with Crippen LogP contribution < -0.4 is 20.6 Å². The molecule has 0 aliphatic heterocycles. The molecule has 0 saturated heterocycles. The van der Waals surface area contributed by atoms with Crippen LogP contribution in [-0.2, 0) is 16.6 Å². The Kier molecular flexibility index (Phi) is 6.09. The number of rotatable bonds is 6. The maximum absolute atomic E-state index is 12.3. The molecular weight excluding hydrogens is 366 g/mol. The zero-order valence-electron chi connectivity index (χ0n) is 16.7. The largest absolute Gasteiger partial charge is 0.464 e. The number of nitrogens with zero attached hydrogens (tertiary/aromatic N) is 3. The van der Waals surface area contributed by atoms with Crippen molar-refractivity contribution in [3.8, 4) is 0 Å². The minimum absolute atomic E-state index is 0.224. The fraction of sp³-hybridized carbons (Fsp3) is 0.136. The number of carbonyl (C=O) groups excluding carboxylic acids is 1. The fourth-order valence-corrected chi connectivity index (χ4v) is 2.76. The standard InChI is InChI=1S/C22H23N5O2/c1-26-15-5-4-6-20(26)21(22(28)29-3)25-27(2)19-13-11-18(12-14-19)24-17-9-7-16(23)8-10-17/h4-15,23,25H,1-3H3/p+1. The number of esters is 1. The minimum atomic E-state index is -0.500. The number of hydrazone groups is 1. The van der Waals surface area contributed by atoms with Gasteiger partial charge >= 0.3 is 5.97 Å². The predicted molar refractivity (Wildman–Crippen MR) is 115 cm³/mol. The Bertz CT molecular complexity index is 1010. The van der Waals surface area contributed by atoms with Gasteiger partial charge in [0.1, 0.15) is 7.05 Å².